The highest BCUT2D eigenvalue weighted by atomic mass is 15.1. The molecular formula is C23H24N4. The minimum absolute atomic E-state index is 0.269. The summed E-state index contributed by atoms with van der Waals surface area (Å²) in [6.45, 7) is 6.85. The van der Waals surface area contributed by atoms with Crippen molar-refractivity contribution >= 4 is 5.65 Å². The first-order valence-corrected chi connectivity index (χ1v) is 9.60. The summed E-state index contributed by atoms with van der Waals surface area (Å²) in [6.07, 6.45) is 6.45. The van der Waals surface area contributed by atoms with E-state index in [4.69, 9.17) is 4.98 Å². The van der Waals surface area contributed by atoms with Gasteiger partial charge in [0.1, 0.15) is 5.65 Å². The number of hydrogen-bond acceptors (Lipinski definition) is 2. The Morgan fingerprint density at radius 1 is 1.04 bits per heavy atom. The van der Waals surface area contributed by atoms with Crippen molar-refractivity contribution in [1.82, 2.24) is 19.6 Å². The number of benzene rings is 1. The molecule has 1 N–H and O–H groups in total. The fourth-order valence-electron chi connectivity index (χ4n) is 4.27. The van der Waals surface area contributed by atoms with Crippen LogP contribution in [0.5, 0.6) is 0 Å². The zero-order valence-corrected chi connectivity index (χ0v) is 16.0. The van der Waals surface area contributed by atoms with E-state index in [0.29, 0.717) is 5.41 Å². The second-order valence-electron chi connectivity index (χ2n) is 8.53. The number of nitrogens with zero attached hydrogens (tertiary/aromatic N) is 3. The Morgan fingerprint density at radius 2 is 1.85 bits per heavy atom. The van der Waals surface area contributed by atoms with Crippen LogP contribution in [0.25, 0.3) is 16.9 Å². The van der Waals surface area contributed by atoms with Gasteiger partial charge in [-0.3, -0.25) is 5.10 Å². The zero-order valence-electron chi connectivity index (χ0n) is 16.0. The molecule has 4 heteroatoms. The van der Waals surface area contributed by atoms with Gasteiger partial charge in [-0.1, -0.05) is 51.1 Å². The van der Waals surface area contributed by atoms with Crippen LogP contribution >= 0.6 is 0 Å². The highest BCUT2D eigenvalue weighted by Crippen LogP contribution is 2.39. The summed E-state index contributed by atoms with van der Waals surface area (Å²) < 4.78 is 2.13. The van der Waals surface area contributed by atoms with Gasteiger partial charge in [0.2, 0.25) is 0 Å². The topological polar surface area (TPSA) is 46.0 Å². The number of aromatic nitrogens is 4. The molecule has 0 fully saturated rings. The van der Waals surface area contributed by atoms with Gasteiger partial charge in [-0.2, -0.15) is 5.10 Å². The van der Waals surface area contributed by atoms with Crippen LogP contribution in [-0.2, 0) is 12.8 Å². The van der Waals surface area contributed by atoms with Crippen LogP contribution in [0.4, 0.5) is 0 Å². The number of hydrogen-bond donors (Lipinski definition) is 1. The Morgan fingerprint density at radius 3 is 2.67 bits per heavy atom. The summed E-state index contributed by atoms with van der Waals surface area (Å²) in [4.78, 5) is 4.84. The Kier molecular flexibility index (Phi) is 3.51. The van der Waals surface area contributed by atoms with Gasteiger partial charge in [0.25, 0.3) is 0 Å². The molecule has 5 rings (SSSR count). The number of fused-ring (bicyclic) bond motifs is 2. The molecule has 0 aliphatic heterocycles. The molecule has 1 unspecified atom stereocenters. The lowest BCUT2D eigenvalue weighted by Crippen LogP contribution is -2.11. The van der Waals surface area contributed by atoms with Gasteiger partial charge in [-0.15, -0.1) is 0 Å². The third-order valence-electron chi connectivity index (χ3n) is 5.75. The lowest BCUT2D eigenvalue weighted by Gasteiger charge is -2.15. The van der Waals surface area contributed by atoms with Crippen molar-refractivity contribution in [2.75, 3.05) is 0 Å². The quantitative estimate of drug-likeness (QED) is 0.561. The highest BCUT2D eigenvalue weighted by molar-refractivity contribution is 5.66. The van der Waals surface area contributed by atoms with Crippen molar-refractivity contribution in [2.45, 2.75) is 39.5 Å². The Labute approximate surface area is 159 Å². The number of rotatable bonds is 3. The van der Waals surface area contributed by atoms with Crippen molar-refractivity contribution in [3.63, 3.8) is 0 Å². The van der Waals surface area contributed by atoms with Gasteiger partial charge >= 0.3 is 0 Å². The number of nitrogens with one attached hydrogen (secondary N) is 1. The lowest BCUT2D eigenvalue weighted by atomic mass is 9.90. The summed E-state index contributed by atoms with van der Waals surface area (Å²) >= 11 is 0. The van der Waals surface area contributed by atoms with E-state index >= 15 is 0 Å². The normalized spacial score (nSPS) is 16.6. The second-order valence-corrected chi connectivity index (χ2v) is 8.53. The van der Waals surface area contributed by atoms with E-state index in [0.717, 1.165) is 35.4 Å². The van der Waals surface area contributed by atoms with Crippen LogP contribution < -0.4 is 0 Å². The molecule has 3 heterocycles. The Hall–Kier alpha value is -2.88. The average molecular weight is 356 g/mol. The number of H-pyrrole nitrogens is 1. The Balaban J connectivity index is 1.53. The molecule has 0 radical (unpaired) electrons. The molecule has 4 aromatic rings. The van der Waals surface area contributed by atoms with E-state index in [9.17, 15) is 0 Å². The predicted octanol–water partition coefficient (Wildman–Crippen LogP) is 5.00. The predicted molar refractivity (Wildman–Crippen MR) is 108 cm³/mol. The van der Waals surface area contributed by atoms with Gasteiger partial charge in [0, 0.05) is 35.1 Å². The van der Waals surface area contributed by atoms with Crippen LogP contribution in [0.3, 0.4) is 0 Å². The van der Waals surface area contributed by atoms with Gasteiger partial charge in [0.05, 0.1) is 11.4 Å². The molecule has 4 nitrogen and oxygen atoms in total. The molecule has 1 atom stereocenters. The number of imidazole rings is 1. The maximum atomic E-state index is 4.84. The molecule has 136 valence electrons. The summed E-state index contributed by atoms with van der Waals surface area (Å²) in [5.41, 5.74) is 8.56. The van der Waals surface area contributed by atoms with Gasteiger partial charge < -0.3 is 4.40 Å². The molecule has 1 aliphatic rings. The van der Waals surface area contributed by atoms with Crippen molar-refractivity contribution < 1.29 is 0 Å². The van der Waals surface area contributed by atoms with Crippen LogP contribution in [0.2, 0.25) is 0 Å². The van der Waals surface area contributed by atoms with Gasteiger partial charge in [0.15, 0.2) is 0 Å². The largest absolute Gasteiger partial charge is 0.306 e. The fourth-order valence-corrected chi connectivity index (χ4v) is 4.27. The van der Waals surface area contributed by atoms with E-state index < -0.39 is 0 Å². The van der Waals surface area contributed by atoms with E-state index in [1.807, 2.05) is 0 Å². The van der Waals surface area contributed by atoms with E-state index in [1.165, 1.54) is 16.8 Å². The lowest BCUT2D eigenvalue weighted by molar-refractivity contribution is 0.388. The van der Waals surface area contributed by atoms with Gasteiger partial charge in [-0.25, -0.2) is 4.98 Å². The van der Waals surface area contributed by atoms with Gasteiger partial charge in [-0.05, 0) is 36.0 Å². The van der Waals surface area contributed by atoms with E-state index in [-0.39, 0.29) is 5.92 Å². The third-order valence-corrected chi connectivity index (χ3v) is 5.75. The maximum absolute atomic E-state index is 4.84. The minimum Gasteiger partial charge on any atom is -0.306 e. The maximum Gasteiger partial charge on any atom is 0.137 e. The molecule has 0 bridgehead atoms. The summed E-state index contributed by atoms with van der Waals surface area (Å²) in [6, 6.07) is 14.8. The molecule has 0 saturated heterocycles. The number of pyridine rings is 1. The van der Waals surface area contributed by atoms with Crippen LogP contribution in [0, 0.1) is 5.41 Å². The smallest absolute Gasteiger partial charge is 0.137 e. The summed E-state index contributed by atoms with van der Waals surface area (Å²) in [5.74, 6) is 0.269. The standard InChI is InChI=1S/C23H24N4/c1-15(16-7-5-4-6-8-16)20-14-27-13-17(9-10-21(27)24-20)22-18-11-23(2,3)12-19(18)25-26-22/h4-10,13-15H,11-12H2,1-3H3,(H,25,26). The molecule has 3 aromatic heterocycles. The molecule has 0 saturated carbocycles. The fraction of sp³-hybridized carbons (Fsp3) is 0.304. The SMILES string of the molecule is CC(c1ccccc1)c1cn2cc(-c3n[nH]c4c3CC(C)(C)C4)ccc2n1. The molecule has 1 aromatic carbocycles. The van der Waals surface area contributed by atoms with Crippen LogP contribution in [0.1, 0.15) is 49.2 Å². The van der Waals surface area contributed by atoms with E-state index in [2.05, 4.69) is 90.2 Å². The van der Waals surface area contributed by atoms with Crippen LogP contribution in [0.15, 0.2) is 54.9 Å². The zero-order chi connectivity index (χ0) is 18.6. The number of aromatic amines is 1. The first-order valence-electron chi connectivity index (χ1n) is 9.60. The van der Waals surface area contributed by atoms with Crippen molar-refractivity contribution in [3.8, 4) is 11.3 Å². The highest BCUT2D eigenvalue weighted by Gasteiger charge is 2.32. The van der Waals surface area contributed by atoms with Crippen molar-refractivity contribution in [3.05, 3.63) is 77.4 Å². The van der Waals surface area contributed by atoms with Crippen molar-refractivity contribution in [2.24, 2.45) is 5.41 Å². The molecule has 0 spiro atoms. The molecule has 1 aliphatic carbocycles. The first-order chi connectivity index (χ1) is 13.0. The second kappa shape index (κ2) is 5.81. The Bertz CT molecular complexity index is 1120. The summed E-state index contributed by atoms with van der Waals surface area (Å²) in [5, 5.41) is 7.87. The molecule has 0 amide bonds. The van der Waals surface area contributed by atoms with E-state index in [1.54, 1.807) is 0 Å². The monoisotopic (exact) mass is 356 g/mol. The molecular weight excluding hydrogens is 332 g/mol. The minimum atomic E-state index is 0.269. The molecule has 27 heavy (non-hydrogen) atoms. The third kappa shape index (κ3) is 2.76. The van der Waals surface area contributed by atoms with Crippen LogP contribution in [-0.4, -0.2) is 19.6 Å². The average Bonchev–Trinajstić information content (AvgIpc) is 3.32. The summed E-state index contributed by atoms with van der Waals surface area (Å²) in [7, 11) is 0. The first kappa shape index (κ1) is 16.3. The van der Waals surface area contributed by atoms with Crippen molar-refractivity contribution in [1.29, 1.82) is 0 Å².